The fourth-order valence-electron chi connectivity index (χ4n) is 2.90. The first-order valence-electron chi connectivity index (χ1n) is 8.33. The Balaban J connectivity index is 1.60. The molecular weight excluding hydrogens is 260 g/mol. The molecule has 118 valence electrons. The van der Waals surface area contributed by atoms with Gasteiger partial charge in [-0.05, 0) is 58.2 Å². The van der Waals surface area contributed by atoms with Crippen molar-refractivity contribution in [2.45, 2.75) is 51.7 Å². The molecule has 0 spiro atoms. The van der Waals surface area contributed by atoms with Crippen molar-refractivity contribution in [1.29, 1.82) is 0 Å². The van der Waals surface area contributed by atoms with Crippen molar-refractivity contribution in [1.82, 2.24) is 10.2 Å². The minimum Gasteiger partial charge on any atom is -0.390 e. The van der Waals surface area contributed by atoms with Crippen molar-refractivity contribution in [3.63, 3.8) is 0 Å². The minimum absolute atomic E-state index is 0.245. The van der Waals surface area contributed by atoms with Crippen molar-refractivity contribution in [2.24, 2.45) is 0 Å². The van der Waals surface area contributed by atoms with Gasteiger partial charge in [0.15, 0.2) is 0 Å². The van der Waals surface area contributed by atoms with E-state index >= 15 is 0 Å². The highest BCUT2D eigenvalue weighted by atomic mass is 16.3. The normalized spacial score (nSPS) is 18.8. The first kappa shape index (κ1) is 16.5. The largest absolute Gasteiger partial charge is 0.390 e. The molecule has 0 aromatic heterocycles. The van der Waals surface area contributed by atoms with Gasteiger partial charge in [0.05, 0.1) is 6.10 Å². The van der Waals surface area contributed by atoms with E-state index in [-0.39, 0.29) is 6.10 Å². The number of hydrogen-bond acceptors (Lipinski definition) is 3. The Labute approximate surface area is 129 Å². The molecule has 3 heteroatoms. The smallest absolute Gasteiger partial charge is 0.0791 e. The molecule has 1 saturated heterocycles. The second kappa shape index (κ2) is 8.52. The molecule has 2 atom stereocenters. The first-order chi connectivity index (χ1) is 10.1. The predicted octanol–water partition coefficient (Wildman–Crippen LogP) is 2.36. The van der Waals surface area contributed by atoms with Crippen LogP contribution >= 0.6 is 0 Å². The second-order valence-electron chi connectivity index (χ2n) is 6.50. The van der Waals surface area contributed by atoms with Crippen LogP contribution in [0.1, 0.15) is 37.3 Å². The summed E-state index contributed by atoms with van der Waals surface area (Å²) >= 11 is 0. The lowest BCUT2D eigenvalue weighted by Crippen LogP contribution is -2.40. The van der Waals surface area contributed by atoms with Crippen molar-refractivity contribution in [2.75, 3.05) is 26.2 Å². The van der Waals surface area contributed by atoms with E-state index in [9.17, 15) is 5.11 Å². The van der Waals surface area contributed by atoms with Crippen molar-refractivity contribution >= 4 is 0 Å². The van der Waals surface area contributed by atoms with E-state index in [0.717, 1.165) is 32.5 Å². The topological polar surface area (TPSA) is 35.5 Å². The van der Waals surface area contributed by atoms with Crippen LogP contribution in [0.3, 0.4) is 0 Å². The number of hydrogen-bond donors (Lipinski definition) is 2. The van der Waals surface area contributed by atoms with Gasteiger partial charge in [-0.3, -0.25) is 0 Å². The lowest BCUT2D eigenvalue weighted by molar-refractivity contribution is 0.120. The summed E-state index contributed by atoms with van der Waals surface area (Å²) < 4.78 is 0. The quantitative estimate of drug-likeness (QED) is 0.771. The van der Waals surface area contributed by atoms with E-state index < -0.39 is 0 Å². The highest BCUT2D eigenvalue weighted by Crippen LogP contribution is 2.09. The van der Waals surface area contributed by atoms with E-state index in [0.29, 0.717) is 12.6 Å². The Morgan fingerprint density at radius 2 is 1.86 bits per heavy atom. The second-order valence-corrected chi connectivity index (χ2v) is 6.50. The molecule has 1 heterocycles. The number of aliphatic hydroxyl groups excluding tert-OH is 1. The third-order valence-corrected chi connectivity index (χ3v) is 4.36. The maximum absolute atomic E-state index is 10.1. The molecule has 1 aromatic rings. The number of aliphatic hydroxyl groups is 1. The lowest BCUT2D eigenvalue weighted by Gasteiger charge is -2.21. The minimum atomic E-state index is -0.245. The molecule has 1 aliphatic heterocycles. The van der Waals surface area contributed by atoms with Crippen LogP contribution in [0.15, 0.2) is 24.3 Å². The van der Waals surface area contributed by atoms with Crippen LogP contribution in [-0.4, -0.2) is 48.3 Å². The van der Waals surface area contributed by atoms with E-state index in [4.69, 9.17) is 0 Å². The standard InChI is InChI=1S/C18H30N2O/c1-15-5-8-17(9-6-15)10-7-16(2)19-13-18(21)14-20-11-3-4-12-20/h5-6,8-9,16,18-19,21H,3-4,7,10-14H2,1-2H3. The summed E-state index contributed by atoms with van der Waals surface area (Å²) in [5.41, 5.74) is 2.71. The fraction of sp³-hybridized carbons (Fsp3) is 0.667. The average molecular weight is 290 g/mol. The zero-order valence-corrected chi connectivity index (χ0v) is 13.5. The summed E-state index contributed by atoms with van der Waals surface area (Å²) in [5, 5.41) is 13.5. The summed E-state index contributed by atoms with van der Waals surface area (Å²) in [6, 6.07) is 9.22. The summed E-state index contributed by atoms with van der Waals surface area (Å²) in [4.78, 5) is 2.36. The maximum Gasteiger partial charge on any atom is 0.0791 e. The molecule has 1 aromatic carbocycles. The van der Waals surface area contributed by atoms with Gasteiger partial charge in [-0.1, -0.05) is 29.8 Å². The lowest BCUT2D eigenvalue weighted by atomic mass is 10.0. The Bertz CT molecular complexity index is 398. The third-order valence-electron chi connectivity index (χ3n) is 4.36. The molecular formula is C18H30N2O. The van der Waals surface area contributed by atoms with E-state index in [2.05, 4.69) is 48.3 Å². The van der Waals surface area contributed by atoms with E-state index in [1.165, 1.54) is 24.0 Å². The third kappa shape index (κ3) is 6.16. The van der Waals surface area contributed by atoms with E-state index in [1.54, 1.807) is 0 Å². The SMILES string of the molecule is Cc1ccc(CCC(C)NCC(O)CN2CCCC2)cc1. The molecule has 0 radical (unpaired) electrons. The highest BCUT2D eigenvalue weighted by molar-refractivity contribution is 5.21. The van der Waals surface area contributed by atoms with Crippen molar-refractivity contribution in [3.8, 4) is 0 Å². The maximum atomic E-state index is 10.1. The van der Waals surface area contributed by atoms with Crippen molar-refractivity contribution < 1.29 is 5.11 Å². The number of rotatable bonds is 8. The zero-order chi connectivity index (χ0) is 15.1. The monoisotopic (exact) mass is 290 g/mol. The fourth-order valence-corrected chi connectivity index (χ4v) is 2.90. The summed E-state index contributed by atoms with van der Waals surface area (Å²) in [6.07, 6.45) is 4.53. The number of benzene rings is 1. The van der Waals surface area contributed by atoms with Gasteiger partial charge >= 0.3 is 0 Å². The average Bonchev–Trinajstić information content (AvgIpc) is 2.97. The van der Waals surface area contributed by atoms with Crippen LogP contribution in [0.4, 0.5) is 0 Å². The number of β-amino-alcohol motifs (C(OH)–C–C–N with tert-alkyl or cyclic N) is 1. The molecule has 0 amide bonds. The number of aryl methyl sites for hydroxylation is 2. The number of likely N-dealkylation sites (tertiary alicyclic amines) is 1. The molecule has 1 aliphatic rings. The molecule has 0 aliphatic carbocycles. The molecule has 21 heavy (non-hydrogen) atoms. The van der Waals surface area contributed by atoms with Crippen molar-refractivity contribution in [3.05, 3.63) is 35.4 Å². The number of nitrogens with one attached hydrogen (secondary N) is 1. The highest BCUT2D eigenvalue weighted by Gasteiger charge is 2.16. The first-order valence-corrected chi connectivity index (χ1v) is 8.33. The van der Waals surface area contributed by atoms with Crippen LogP contribution < -0.4 is 5.32 Å². The molecule has 2 N–H and O–H groups in total. The van der Waals surface area contributed by atoms with Gasteiger partial charge in [-0.15, -0.1) is 0 Å². The van der Waals surface area contributed by atoms with E-state index in [1.807, 2.05) is 0 Å². The van der Waals surface area contributed by atoms with Gasteiger partial charge in [0.25, 0.3) is 0 Å². The Kier molecular flexibility index (Phi) is 6.68. The molecule has 2 rings (SSSR count). The summed E-state index contributed by atoms with van der Waals surface area (Å²) in [6.45, 7) is 8.15. The molecule has 0 saturated carbocycles. The predicted molar refractivity (Wildman–Crippen MR) is 88.6 cm³/mol. The molecule has 3 nitrogen and oxygen atoms in total. The zero-order valence-electron chi connectivity index (χ0n) is 13.5. The van der Waals surface area contributed by atoms with Crippen LogP contribution in [-0.2, 0) is 6.42 Å². The van der Waals surface area contributed by atoms with Crippen LogP contribution in [0.2, 0.25) is 0 Å². The van der Waals surface area contributed by atoms with Crippen LogP contribution in [0, 0.1) is 6.92 Å². The van der Waals surface area contributed by atoms with Gasteiger partial charge in [0.1, 0.15) is 0 Å². The Morgan fingerprint density at radius 1 is 1.19 bits per heavy atom. The molecule has 1 fully saturated rings. The van der Waals surface area contributed by atoms with Crippen LogP contribution in [0.25, 0.3) is 0 Å². The van der Waals surface area contributed by atoms with Crippen LogP contribution in [0.5, 0.6) is 0 Å². The number of nitrogens with zero attached hydrogens (tertiary/aromatic N) is 1. The molecule has 0 bridgehead atoms. The summed E-state index contributed by atoms with van der Waals surface area (Å²) in [7, 11) is 0. The Hall–Kier alpha value is -0.900. The summed E-state index contributed by atoms with van der Waals surface area (Å²) in [5.74, 6) is 0. The van der Waals surface area contributed by atoms with Gasteiger partial charge in [0, 0.05) is 19.1 Å². The molecule has 2 unspecified atom stereocenters. The van der Waals surface area contributed by atoms with Gasteiger partial charge in [0.2, 0.25) is 0 Å². The van der Waals surface area contributed by atoms with Gasteiger partial charge in [-0.25, -0.2) is 0 Å². The Morgan fingerprint density at radius 3 is 2.52 bits per heavy atom. The van der Waals surface area contributed by atoms with Gasteiger partial charge in [-0.2, -0.15) is 0 Å². The van der Waals surface area contributed by atoms with Gasteiger partial charge < -0.3 is 15.3 Å².